The molecule has 1 N–H and O–H groups in total. The van der Waals surface area contributed by atoms with Crippen LogP contribution in [0, 0.1) is 18.6 Å². The minimum Gasteiger partial charge on any atom is -0.376 e. The van der Waals surface area contributed by atoms with E-state index in [0.29, 0.717) is 13.0 Å². The third-order valence-electron chi connectivity index (χ3n) is 4.44. The van der Waals surface area contributed by atoms with E-state index in [9.17, 15) is 8.78 Å². The average Bonchev–Trinajstić information content (AvgIpc) is 2.86. The first-order valence-electron chi connectivity index (χ1n) is 7.94. The highest BCUT2D eigenvalue weighted by Gasteiger charge is 2.25. The van der Waals surface area contributed by atoms with E-state index >= 15 is 0 Å². The molecule has 1 unspecified atom stereocenters. The second-order valence-electron chi connectivity index (χ2n) is 6.09. The second-order valence-corrected chi connectivity index (χ2v) is 7.00. The van der Waals surface area contributed by atoms with E-state index in [-0.39, 0.29) is 11.7 Å². The number of halogens is 3. The van der Waals surface area contributed by atoms with Gasteiger partial charge in [-0.25, -0.2) is 13.5 Å². The first kappa shape index (κ1) is 16.2. The van der Waals surface area contributed by atoms with Crippen LogP contribution in [-0.4, -0.2) is 15.0 Å². The van der Waals surface area contributed by atoms with Crippen molar-refractivity contribution in [1.29, 1.82) is 0 Å². The molecule has 1 aliphatic rings. The largest absolute Gasteiger partial charge is 0.376 e. The Morgan fingerprint density at radius 2 is 2.04 bits per heavy atom. The predicted molar refractivity (Wildman–Crippen MR) is 95.2 cm³/mol. The molecule has 1 aliphatic heterocycles. The van der Waals surface area contributed by atoms with Crippen LogP contribution < -0.4 is 5.32 Å². The van der Waals surface area contributed by atoms with Crippen molar-refractivity contribution in [2.75, 3.05) is 5.32 Å². The van der Waals surface area contributed by atoms with Crippen molar-refractivity contribution in [3.05, 3.63) is 63.8 Å². The lowest BCUT2D eigenvalue weighted by Crippen LogP contribution is -2.13. The van der Waals surface area contributed by atoms with Gasteiger partial charge in [-0.1, -0.05) is 27.2 Å². The van der Waals surface area contributed by atoms with E-state index in [1.807, 2.05) is 29.8 Å². The van der Waals surface area contributed by atoms with Crippen LogP contribution in [0.25, 0.3) is 11.3 Å². The lowest BCUT2D eigenvalue weighted by molar-refractivity contribution is 0.535. The van der Waals surface area contributed by atoms with Gasteiger partial charge >= 0.3 is 0 Å². The summed E-state index contributed by atoms with van der Waals surface area (Å²) in [5.41, 5.74) is 4.17. The van der Waals surface area contributed by atoms with Crippen LogP contribution in [0.4, 0.5) is 14.5 Å². The van der Waals surface area contributed by atoms with Crippen molar-refractivity contribution in [2.45, 2.75) is 25.9 Å². The molecule has 0 saturated heterocycles. The molecule has 128 valence electrons. The zero-order valence-electron chi connectivity index (χ0n) is 13.4. The summed E-state index contributed by atoms with van der Waals surface area (Å²) >= 11 is 3.51. The lowest BCUT2D eigenvalue weighted by atomic mass is 9.96. The van der Waals surface area contributed by atoms with Gasteiger partial charge < -0.3 is 5.32 Å². The molecular formula is C18H15BrF2N4. The van der Waals surface area contributed by atoms with Crippen LogP contribution in [-0.2, 0) is 6.54 Å². The predicted octanol–water partition coefficient (Wildman–Crippen LogP) is 4.85. The molecule has 7 heteroatoms. The van der Waals surface area contributed by atoms with Gasteiger partial charge in [0.05, 0.1) is 23.1 Å². The van der Waals surface area contributed by atoms with Crippen molar-refractivity contribution in [3.63, 3.8) is 0 Å². The van der Waals surface area contributed by atoms with Crippen LogP contribution in [0.2, 0.25) is 0 Å². The number of hydrogen-bond donors (Lipinski definition) is 1. The number of aryl methyl sites for hydroxylation is 2. The molecule has 1 aromatic heterocycles. The Bertz CT molecular complexity index is 954. The van der Waals surface area contributed by atoms with Crippen LogP contribution in [0.5, 0.6) is 0 Å². The Hall–Kier alpha value is -2.28. The van der Waals surface area contributed by atoms with Gasteiger partial charge in [-0.3, -0.25) is 0 Å². The first-order valence-corrected chi connectivity index (χ1v) is 8.74. The van der Waals surface area contributed by atoms with Crippen LogP contribution >= 0.6 is 15.9 Å². The zero-order chi connectivity index (χ0) is 17.6. The Morgan fingerprint density at radius 3 is 2.84 bits per heavy atom. The molecule has 2 aromatic carbocycles. The van der Waals surface area contributed by atoms with Gasteiger partial charge in [0.15, 0.2) is 0 Å². The number of anilines is 1. The summed E-state index contributed by atoms with van der Waals surface area (Å²) in [5.74, 6) is -1.19. The fourth-order valence-electron chi connectivity index (χ4n) is 3.28. The quantitative estimate of drug-likeness (QED) is 0.663. The van der Waals surface area contributed by atoms with Gasteiger partial charge in [0.25, 0.3) is 0 Å². The number of benzene rings is 2. The van der Waals surface area contributed by atoms with Crippen molar-refractivity contribution in [2.24, 2.45) is 0 Å². The smallest absolute Gasteiger partial charge is 0.149 e. The Labute approximate surface area is 152 Å². The van der Waals surface area contributed by atoms with E-state index in [1.54, 1.807) is 0 Å². The molecule has 3 aromatic rings. The molecule has 0 fully saturated rings. The summed E-state index contributed by atoms with van der Waals surface area (Å²) in [6.45, 7) is 2.58. The molecule has 25 heavy (non-hydrogen) atoms. The fourth-order valence-corrected chi connectivity index (χ4v) is 3.66. The van der Waals surface area contributed by atoms with Gasteiger partial charge in [0, 0.05) is 22.6 Å². The number of hydrogen-bond acceptors (Lipinski definition) is 3. The summed E-state index contributed by atoms with van der Waals surface area (Å²) in [5, 5.41) is 11.6. The summed E-state index contributed by atoms with van der Waals surface area (Å²) in [6.07, 6.45) is 0.704. The molecule has 0 saturated carbocycles. The van der Waals surface area contributed by atoms with E-state index in [0.717, 1.165) is 33.1 Å². The summed E-state index contributed by atoms with van der Waals surface area (Å²) in [7, 11) is 0. The third kappa shape index (κ3) is 2.93. The second kappa shape index (κ2) is 6.22. The highest BCUT2D eigenvalue weighted by molar-refractivity contribution is 9.10. The highest BCUT2D eigenvalue weighted by Crippen LogP contribution is 2.38. The van der Waals surface area contributed by atoms with Crippen molar-refractivity contribution >= 4 is 21.6 Å². The minimum absolute atomic E-state index is 0.131. The highest BCUT2D eigenvalue weighted by atomic mass is 79.9. The van der Waals surface area contributed by atoms with E-state index in [4.69, 9.17) is 0 Å². The normalized spacial score (nSPS) is 16.1. The number of nitrogens with zero attached hydrogens (tertiary/aromatic N) is 3. The number of aromatic nitrogens is 3. The molecule has 0 radical (unpaired) electrons. The maximum atomic E-state index is 14.1. The molecule has 0 aliphatic carbocycles. The number of fused-ring (bicyclic) bond motifs is 3. The first-order chi connectivity index (χ1) is 12.0. The van der Waals surface area contributed by atoms with Gasteiger partial charge in [-0.15, -0.1) is 5.10 Å². The van der Waals surface area contributed by atoms with Crippen LogP contribution in [0.1, 0.15) is 23.7 Å². The summed E-state index contributed by atoms with van der Waals surface area (Å²) < 4.78 is 30.1. The SMILES string of the molecule is Cc1nnn2c1-c1ccc(Br)cc1C(Nc1ccc(F)cc1F)CC2. The molecule has 0 bridgehead atoms. The van der Waals surface area contributed by atoms with E-state index in [1.165, 1.54) is 12.1 Å². The molecule has 2 heterocycles. The molecule has 0 spiro atoms. The molecular weight excluding hydrogens is 390 g/mol. The van der Waals surface area contributed by atoms with Crippen molar-refractivity contribution < 1.29 is 8.78 Å². The molecule has 1 atom stereocenters. The number of rotatable bonds is 2. The van der Waals surface area contributed by atoms with Gasteiger partial charge in [-0.2, -0.15) is 0 Å². The lowest BCUT2D eigenvalue weighted by Gasteiger charge is -2.21. The maximum absolute atomic E-state index is 14.1. The van der Waals surface area contributed by atoms with Crippen LogP contribution in [0.3, 0.4) is 0 Å². The van der Waals surface area contributed by atoms with Gasteiger partial charge in [0.2, 0.25) is 0 Å². The van der Waals surface area contributed by atoms with Gasteiger partial charge in [0.1, 0.15) is 11.6 Å². The summed E-state index contributed by atoms with van der Waals surface area (Å²) in [4.78, 5) is 0. The summed E-state index contributed by atoms with van der Waals surface area (Å²) in [6, 6.07) is 9.45. The van der Waals surface area contributed by atoms with E-state index < -0.39 is 11.6 Å². The number of nitrogens with one attached hydrogen (secondary N) is 1. The zero-order valence-corrected chi connectivity index (χ0v) is 15.0. The van der Waals surface area contributed by atoms with Crippen molar-refractivity contribution in [3.8, 4) is 11.3 Å². The topological polar surface area (TPSA) is 42.7 Å². The molecule has 4 rings (SSSR count). The van der Waals surface area contributed by atoms with Crippen LogP contribution in [0.15, 0.2) is 40.9 Å². The van der Waals surface area contributed by atoms with Crippen molar-refractivity contribution in [1.82, 2.24) is 15.0 Å². The standard InChI is InChI=1S/C18H15BrF2N4/c1-10-18-13-4-2-11(19)8-14(13)16(6-7-25(18)24-23-10)22-17-5-3-12(20)9-15(17)21/h2-5,8-9,16,22H,6-7H2,1H3. The maximum Gasteiger partial charge on any atom is 0.149 e. The Morgan fingerprint density at radius 1 is 1.20 bits per heavy atom. The monoisotopic (exact) mass is 404 g/mol. The van der Waals surface area contributed by atoms with E-state index in [2.05, 4.69) is 31.6 Å². The molecule has 0 amide bonds. The molecule has 4 nitrogen and oxygen atoms in total. The average molecular weight is 405 g/mol. The Balaban J connectivity index is 1.80. The van der Waals surface area contributed by atoms with Gasteiger partial charge in [-0.05, 0) is 43.2 Å². The third-order valence-corrected chi connectivity index (χ3v) is 4.93. The minimum atomic E-state index is -0.601. The fraction of sp³-hybridized carbons (Fsp3) is 0.222. The Kier molecular flexibility index (Phi) is 4.03.